The van der Waals surface area contributed by atoms with Gasteiger partial charge in [-0.3, -0.25) is 4.79 Å². The number of rotatable bonds is 9. The smallest absolute Gasteiger partial charge is 0.354 e. The fraction of sp³-hybridized carbons (Fsp3) is 0.241. The Morgan fingerprint density at radius 2 is 1.92 bits per heavy atom. The van der Waals surface area contributed by atoms with Gasteiger partial charge in [0.2, 0.25) is 5.91 Å². The molecule has 0 bridgehead atoms. The number of fused-ring (bicyclic) bond motifs is 1. The molecule has 1 N–H and O–H groups in total. The van der Waals surface area contributed by atoms with Crippen LogP contribution in [0.1, 0.15) is 25.8 Å². The number of halogens is 2. The lowest BCUT2D eigenvalue weighted by Gasteiger charge is -2.31. The van der Waals surface area contributed by atoms with Crippen LogP contribution in [0.4, 0.5) is 10.2 Å². The Labute approximate surface area is 225 Å². The third-order valence-corrected chi connectivity index (χ3v) is 6.60. The number of nitrogens with zero attached hydrogens (tertiary/aromatic N) is 4. The second kappa shape index (κ2) is 11.6. The monoisotopic (exact) mass is 533 g/mol. The lowest BCUT2D eigenvalue weighted by atomic mass is 10.1. The first-order chi connectivity index (χ1) is 18.2. The van der Waals surface area contributed by atoms with Crippen molar-refractivity contribution >= 4 is 34.4 Å². The maximum atomic E-state index is 14.8. The van der Waals surface area contributed by atoms with Crippen LogP contribution in [0.15, 0.2) is 72.0 Å². The molecule has 0 saturated heterocycles. The van der Waals surface area contributed by atoms with E-state index < -0.39 is 11.5 Å². The molecule has 9 heteroatoms. The first kappa shape index (κ1) is 27.0. The number of aromatic nitrogens is 3. The van der Waals surface area contributed by atoms with Crippen molar-refractivity contribution in [2.45, 2.75) is 33.2 Å². The van der Waals surface area contributed by atoms with Gasteiger partial charge in [-0.1, -0.05) is 48.0 Å². The standard InChI is InChI=1S/C29H29ClFN5O2/c1-5-6-15-35(19(3)17-32-20(4)37)27-22-16-23(30)26(21-12-8-9-13-24(21)31)33-28(22)36(29(38)34-27)25-14-10-7-11-18(25)2/h5,7-14,16,19H,1,6,15,17H2,2-4H3,(H,32,37). The number of para-hydroxylation sites is 1. The Balaban J connectivity index is 2.05. The molecule has 1 atom stereocenters. The van der Waals surface area contributed by atoms with Gasteiger partial charge in [0.05, 0.1) is 21.8 Å². The van der Waals surface area contributed by atoms with Gasteiger partial charge in [-0.25, -0.2) is 18.7 Å². The van der Waals surface area contributed by atoms with E-state index in [0.29, 0.717) is 42.0 Å². The van der Waals surface area contributed by atoms with E-state index in [4.69, 9.17) is 16.6 Å². The molecular weight excluding hydrogens is 505 g/mol. The number of anilines is 1. The van der Waals surface area contributed by atoms with E-state index >= 15 is 0 Å². The number of amides is 1. The molecule has 2 aromatic heterocycles. The van der Waals surface area contributed by atoms with Crippen LogP contribution in [0.2, 0.25) is 5.02 Å². The van der Waals surface area contributed by atoms with E-state index in [0.717, 1.165) is 5.56 Å². The molecule has 0 aliphatic carbocycles. The Morgan fingerprint density at radius 3 is 2.61 bits per heavy atom. The molecule has 7 nitrogen and oxygen atoms in total. The summed E-state index contributed by atoms with van der Waals surface area (Å²) in [5.74, 6) is -0.256. The number of aryl methyl sites for hydroxylation is 1. The molecule has 2 heterocycles. The van der Waals surface area contributed by atoms with E-state index in [1.54, 1.807) is 30.3 Å². The van der Waals surface area contributed by atoms with Gasteiger partial charge in [0.1, 0.15) is 11.6 Å². The zero-order valence-electron chi connectivity index (χ0n) is 21.5. The maximum absolute atomic E-state index is 14.8. The summed E-state index contributed by atoms with van der Waals surface area (Å²) in [7, 11) is 0. The summed E-state index contributed by atoms with van der Waals surface area (Å²) in [4.78, 5) is 36.5. The number of nitrogens with one attached hydrogen (secondary N) is 1. The van der Waals surface area contributed by atoms with Crippen LogP contribution in [0.5, 0.6) is 0 Å². The molecule has 2 aromatic carbocycles. The average Bonchev–Trinajstić information content (AvgIpc) is 2.89. The van der Waals surface area contributed by atoms with E-state index in [2.05, 4.69) is 16.9 Å². The number of pyridine rings is 1. The largest absolute Gasteiger partial charge is 0.355 e. The molecule has 4 rings (SSSR count). The molecule has 1 amide bonds. The maximum Gasteiger partial charge on any atom is 0.355 e. The normalized spacial score (nSPS) is 11.8. The highest BCUT2D eigenvalue weighted by molar-refractivity contribution is 6.33. The van der Waals surface area contributed by atoms with Crippen molar-refractivity contribution in [3.8, 4) is 16.9 Å². The minimum atomic E-state index is -0.536. The van der Waals surface area contributed by atoms with Gasteiger partial charge in [-0.05, 0) is 50.1 Å². The van der Waals surface area contributed by atoms with Gasteiger partial charge in [0.25, 0.3) is 0 Å². The lowest BCUT2D eigenvalue weighted by Crippen LogP contribution is -2.43. The number of carbonyl (C=O) groups is 1. The quantitative estimate of drug-likeness (QED) is 0.289. The number of hydrogen-bond donors (Lipinski definition) is 1. The van der Waals surface area contributed by atoms with Gasteiger partial charge in [0.15, 0.2) is 5.65 Å². The molecule has 196 valence electrons. The van der Waals surface area contributed by atoms with Gasteiger partial charge in [0, 0.05) is 31.6 Å². The Kier molecular flexibility index (Phi) is 8.22. The van der Waals surface area contributed by atoms with Crippen molar-refractivity contribution in [3.63, 3.8) is 0 Å². The van der Waals surface area contributed by atoms with Crippen LogP contribution in [-0.2, 0) is 4.79 Å². The second-order valence-corrected chi connectivity index (χ2v) is 9.47. The van der Waals surface area contributed by atoms with E-state index in [1.165, 1.54) is 17.6 Å². The van der Waals surface area contributed by atoms with E-state index in [-0.39, 0.29) is 28.2 Å². The molecule has 1 unspecified atom stereocenters. The molecular formula is C29H29ClFN5O2. The van der Waals surface area contributed by atoms with Gasteiger partial charge in [-0.2, -0.15) is 4.98 Å². The average molecular weight is 534 g/mol. The molecule has 0 spiro atoms. The van der Waals surface area contributed by atoms with Crippen molar-refractivity contribution in [2.75, 3.05) is 18.0 Å². The van der Waals surface area contributed by atoms with E-state index in [9.17, 15) is 14.0 Å². The van der Waals surface area contributed by atoms with E-state index in [1.807, 2.05) is 43.0 Å². The van der Waals surface area contributed by atoms with Crippen LogP contribution in [-0.4, -0.2) is 39.6 Å². The van der Waals surface area contributed by atoms with Crippen LogP contribution in [0.3, 0.4) is 0 Å². The molecule has 0 fully saturated rings. The SMILES string of the molecule is C=CCCN(c1nc(=O)n(-c2ccccc2C)c2nc(-c3ccccc3F)c(Cl)cc12)C(C)CNC(C)=O. The first-order valence-corrected chi connectivity index (χ1v) is 12.7. The van der Waals surface area contributed by atoms with Crippen LogP contribution < -0.4 is 15.9 Å². The highest BCUT2D eigenvalue weighted by atomic mass is 35.5. The third kappa shape index (κ3) is 5.45. The highest BCUT2D eigenvalue weighted by Gasteiger charge is 2.24. The molecule has 4 aromatic rings. The minimum Gasteiger partial charge on any atom is -0.354 e. The Morgan fingerprint density at radius 1 is 1.21 bits per heavy atom. The Hall–Kier alpha value is -4.04. The van der Waals surface area contributed by atoms with Gasteiger partial charge in [-0.15, -0.1) is 6.58 Å². The van der Waals surface area contributed by atoms with Crippen molar-refractivity contribution in [2.24, 2.45) is 0 Å². The number of benzene rings is 2. The predicted octanol–water partition coefficient (Wildman–Crippen LogP) is 5.46. The zero-order valence-corrected chi connectivity index (χ0v) is 22.3. The van der Waals surface area contributed by atoms with Crippen molar-refractivity contribution in [1.29, 1.82) is 0 Å². The summed E-state index contributed by atoms with van der Waals surface area (Å²) in [6.07, 6.45) is 2.39. The Bertz CT molecular complexity index is 1570. The highest BCUT2D eigenvalue weighted by Crippen LogP contribution is 2.34. The number of carbonyl (C=O) groups excluding carboxylic acids is 1. The number of hydrogen-bond acceptors (Lipinski definition) is 5. The molecule has 38 heavy (non-hydrogen) atoms. The van der Waals surface area contributed by atoms with Crippen molar-refractivity contribution < 1.29 is 9.18 Å². The van der Waals surface area contributed by atoms with Gasteiger partial charge < -0.3 is 10.2 Å². The fourth-order valence-corrected chi connectivity index (χ4v) is 4.62. The van der Waals surface area contributed by atoms with Crippen molar-refractivity contribution in [3.05, 3.63) is 94.1 Å². The summed E-state index contributed by atoms with van der Waals surface area (Å²) in [6, 6.07) is 15.1. The molecule has 0 radical (unpaired) electrons. The lowest BCUT2D eigenvalue weighted by molar-refractivity contribution is -0.119. The summed E-state index contributed by atoms with van der Waals surface area (Å²) < 4.78 is 16.2. The predicted molar refractivity (Wildman–Crippen MR) is 151 cm³/mol. The topological polar surface area (TPSA) is 80.1 Å². The summed E-state index contributed by atoms with van der Waals surface area (Å²) >= 11 is 6.71. The summed E-state index contributed by atoms with van der Waals surface area (Å²) in [6.45, 7) is 9.92. The summed E-state index contributed by atoms with van der Waals surface area (Å²) in [5.41, 5.74) is 1.67. The van der Waals surface area contributed by atoms with Gasteiger partial charge >= 0.3 is 5.69 Å². The third-order valence-electron chi connectivity index (χ3n) is 6.31. The molecule has 0 saturated carbocycles. The molecule has 0 aliphatic rings. The van der Waals surface area contributed by atoms with Crippen molar-refractivity contribution in [1.82, 2.24) is 19.9 Å². The second-order valence-electron chi connectivity index (χ2n) is 9.07. The summed E-state index contributed by atoms with van der Waals surface area (Å²) in [5, 5.41) is 3.57. The van der Waals surface area contributed by atoms with Crippen LogP contribution in [0.25, 0.3) is 28.0 Å². The zero-order chi connectivity index (χ0) is 27.4. The first-order valence-electron chi connectivity index (χ1n) is 12.3. The van der Waals surface area contributed by atoms with Crippen LogP contribution in [0, 0.1) is 12.7 Å². The van der Waals surface area contributed by atoms with Crippen LogP contribution >= 0.6 is 11.6 Å². The fourth-order valence-electron chi connectivity index (χ4n) is 4.37. The molecule has 0 aliphatic heterocycles. The minimum absolute atomic E-state index is 0.160.